The molecule has 1 N–H and O–H groups in total. The molecule has 4 unspecified atom stereocenters. The lowest BCUT2D eigenvalue weighted by molar-refractivity contribution is 0.0383. The average molecular weight is 388 g/mol. The van der Waals surface area contributed by atoms with Crippen LogP contribution in [-0.4, -0.2) is 51.6 Å². The number of amides is 1. The van der Waals surface area contributed by atoms with Crippen molar-refractivity contribution in [1.29, 1.82) is 0 Å². The fourth-order valence-electron chi connectivity index (χ4n) is 3.87. The Labute approximate surface area is 157 Å². The summed E-state index contributed by atoms with van der Waals surface area (Å²) in [7, 11) is 0. The Bertz CT molecular complexity index is 892. The maximum atomic E-state index is 11.9. The third kappa shape index (κ3) is 2.66. The molecule has 2 fully saturated rings. The van der Waals surface area contributed by atoms with Gasteiger partial charge in [-0.05, 0) is 24.3 Å². The molecule has 5 rings (SSSR count). The van der Waals surface area contributed by atoms with E-state index >= 15 is 0 Å². The van der Waals surface area contributed by atoms with Gasteiger partial charge in [-0.25, -0.2) is 4.79 Å². The zero-order valence-corrected chi connectivity index (χ0v) is 14.9. The maximum Gasteiger partial charge on any atom is 0.407 e. The summed E-state index contributed by atoms with van der Waals surface area (Å²) in [4.78, 5) is 14.9. The van der Waals surface area contributed by atoms with E-state index < -0.39 is 35.7 Å². The van der Waals surface area contributed by atoms with E-state index in [0.29, 0.717) is 11.5 Å². The van der Waals surface area contributed by atoms with Crippen LogP contribution < -0.4 is 9.64 Å². The number of benzene rings is 2. The van der Waals surface area contributed by atoms with Crippen molar-refractivity contribution in [2.75, 3.05) is 18.0 Å². The molecule has 3 heterocycles. The van der Waals surface area contributed by atoms with Gasteiger partial charge in [-0.1, -0.05) is 24.3 Å². The van der Waals surface area contributed by atoms with Crippen LogP contribution >= 0.6 is 0 Å². The number of fused-ring (bicyclic) bond motifs is 3. The van der Waals surface area contributed by atoms with Gasteiger partial charge in [0.25, 0.3) is 0 Å². The summed E-state index contributed by atoms with van der Waals surface area (Å²) in [5.41, 5.74) is 1.60. The van der Waals surface area contributed by atoms with Gasteiger partial charge in [0, 0.05) is 6.54 Å². The Morgan fingerprint density at radius 2 is 1.63 bits per heavy atom. The molecule has 9 heteroatoms. The number of anilines is 2. The summed E-state index contributed by atoms with van der Waals surface area (Å²) >= 11 is -1.89. The normalized spacial score (nSPS) is 28.7. The Morgan fingerprint density at radius 1 is 1.00 bits per heavy atom. The van der Waals surface area contributed by atoms with E-state index in [4.69, 9.17) is 13.1 Å². The second-order valence-corrected chi connectivity index (χ2v) is 7.36. The van der Waals surface area contributed by atoms with Gasteiger partial charge in [0.2, 0.25) is 0 Å². The van der Waals surface area contributed by atoms with E-state index in [0.717, 1.165) is 11.4 Å². The van der Waals surface area contributed by atoms with Crippen molar-refractivity contribution in [2.24, 2.45) is 0 Å². The molecule has 3 aliphatic heterocycles. The summed E-state index contributed by atoms with van der Waals surface area (Å²) in [5, 5.41) is 9.54. The van der Waals surface area contributed by atoms with E-state index in [1.54, 1.807) is 0 Å². The van der Waals surface area contributed by atoms with Gasteiger partial charge in [0.05, 0.1) is 24.0 Å². The second kappa shape index (κ2) is 6.22. The number of piperidine rings is 1. The van der Waals surface area contributed by atoms with Crippen molar-refractivity contribution in [3.63, 3.8) is 0 Å². The molecule has 27 heavy (non-hydrogen) atoms. The molecule has 0 radical (unpaired) electrons. The van der Waals surface area contributed by atoms with Crippen LogP contribution in [0.2, 0.25) is 0 Å². The molecule has 3 aliphatic rings. The van der Waals surface area contributed by atoms with Gasteiger partial charge >= 0.3 is 17.5 Å². The Balaban J connectivity index is 1.64. The monoisotopic (exact) mass is 388 g/mol. The molecule has 0 bridgehead atoms. The molecule has 140 valence electrons. The highest BCUT2D eigenvalue weighted by Gasteiger charge is 2.50. The van der Waals surface area contributed by atoms with Gasteiger partial charge in [-0.15, -0.1) is 0 Å². The van der Waals surface area contributed by atoms with Crippen LogP contribution in [0.1, 0.15) is 0 Å². The first-order valence-corrected chi connectivity index (χ1v) is 9.51. The predicted molar refractivity (Wildman–Crippen MR) is 96.4 cm³/mol. The summed E-state index contributed by atoms with van der Waals surface area (Å²) in [6, 6.07) is 14.7. The molecule has 2 saturated heterocycles. The molecule has 2 aromatic carbocycles. The van der Waals surface area contributed by atoms with Gasteiger partial charge < -0.3 is 19.6 Å². The van der Waals surface area contributed by atoms with Crippen LogP contribution in [0.3, 0.4) is 0 Å². The van der Waals surface area contributed by atoms with Crippen molar-refractivity contribution in [3.05, 3.63) is 48.5 Å². The molecule has 0 spiro atoms. The van der Waals surface area contributed by atoms with Crippen LogP contribution in [-0.2, 0) is 19.7 Å². The van der Waals surface area contributed by atoms with Crippen molar-refractivity contribution >= 4 is 28.8 Å². The molecule has 0 aliphatic carbocycles. The summed E-state index contributed by atoms with van der Waals surface area (Å²) in [6.07, 6.45) is -2.17. The SMILES string of the molecule is O=C(O)N1CC2OS(=O)OC2C(N2c3ccccc3Oc3ccccc32)C1. The van der Waals surface area contributed by atoms with Crippen molar-refractivity contribution < 1.29 is 27.2 Å². The number of para-hydroxylation sites is 4. The number of likely N-dealkylation sites (tertiary alicyclic amines) is 1. The van der Waals surface area contributed by atoms with E-state index in [9.17, 15) is 14.1 Å². The lowest BCUT2D eigenvalue weighted by Gasteiger charge is -2.45. The second-order valence-electron chi connectivity index (χ2n) is 6.56. The Morgan fingerprint density at radius 3 is 2.26 bits per heavy atom. The van der Waals surface area contributed by atoms with Gasteiger partial charge in [-0.3, -0.25) is 8.37 Å². The van der Waals surface area contributed by atoms with Crippen molar-refractivity contribution in [1.82, 2.24) is 4.90 Å². The Kier molecular flexibility index (Phi) is 3.81. The van der Waals surface area contributed by atoms with E-state index in [1.807, 2.05) is 53.4 Å². The Hall–Kier alpha value is -2.62. The third-order valence-electron chi connectivity index (χ3n) is 5.02. The van der Waals surface area contributed by atoms with Crippen LogP contribution in [0, 0.1) is 0 Å². The zero-order valence-electron chi connectivity index (χ0n) is 14.1. The molecule has 2 aromatic rings. The van der Waals surface area contributed by atoms with Crippen molar-refractivity contribution in [2.45, 2.75) is 18.2 Å². The fourth-order valence-corrected chi connectivity index (χ4v) is 4.73. The fraction of sp³-hybridized carbons (Fsp3) is 0.278. The topological polar surface area (TPSA) is 88.5 Å². The number of hydrogen-bond acceptors (Lipinski definition) is 6. The van der Waals surface area contributed by atoms with Gasteiger partial charge in [0.15, 0.2) is 11.5 Å². The number of rotatable bonds is 1. The minimum atomic E-state index is -1.89. The van der Waals surface area contributed by atoms with Crippen LogP contribution in [0.4, 0.5) is 16.2 Å². The third-order valence-corrected chi connectivity index (χ3v) is 5.80. The lowest BCUT2D eigenvalue weighted by Crippen LogP contribution is -2.60. The predicted octanol–water partition coefficient (Wildman–Crippen LogP) is 2.66. The number of hydrogen-bond donors (Lipinski definition) is 1. The first-order chi connectivity index (χ1) is 13.1. The highest BCUT2D eigenvalue weighted by Crippen LogP contribution is 2.49. The molecule has 1 amide bonds. The molecular formula is C18H16N2O6S. The number of nitrogens with zero attached hydrogens (tertiary/aromatic N) is 2. The quantitative estimate of drug-likeness (QED) is 0.803. The standard InChI is InChI=1S/C18H16N2O6S/c21-18(22)19-9-13(17-16(10-19)25-27(23)26-17)20-11-5-1-3-7-14(11)24-15-8-4-2-6-12(15)20/h1-8,13,16-17H,9-10H2,(H,21,22). The summed E-state index contributed by atoms with van der Waals surface area (Å²) in [6.45, 7) is 0.315. The molecule has 0 aromatic heterocycles. The lowest BCUT2D eigenvalue weighted by atomic mass is 9.96. The van der Waals surface area contributed by atoms with Gasteiger partial charge in [0.1, 0.15) is 12.2 Å². The molecule has 0 saturated carbocycles. The maximum absolute atomic E-state index is 11.9. The highest BCUT2D eigenvalue weighted by molar-refractivity contribution is 7.75. The summed E-state index contributed by atoms with van der Waals surface area (Å²) in [5.74, 6) is 1.33. The van der Waals surface area contributed by atoms with E-state index in [-0.39, 0.29) is 13.1 Å². The number of carboxylic acid groups (broad SMARTS) is 1. The van der Waals surface area contributed by atoms with Gasteiger partial charge in [-0.2, -0.15) is 4.21 Å². The van der Waals surface area contributed by atoms with Crippen LogP contribution in [0.5, 0.6) is 11.5 Å². The van der Waals surface area contributed by atoms with Crippen LogP contribution in [0.15, 0.2) is 48.5 Å². The summed E-state index contributed by atoms with van der Waals surface area (Å²) < 4.78 is 28.7. The number of ether oxygens (including phenoxy) is 1. The molecular weight excluding hydrogens is 372 g/mol. The number of carbonyl (C=O) groups is 1. The first kappa shape index (κ1) is 16.5. The zero-order chi connectivity index (χ0) is 18.5. The first-order valence-electron chi connectivity index (χ1n) is 8.51. The van der Waals surface area contributed by atoms with E-state index in [1.165, 1.54) is 4.90 Å². The van der Waals surface area contributed by atoms with Crippen molar-refractivity contribution in [3.8, 4) is 11.5 Å². The molecule has 4 atom stereocenters. The average Bonchev–Trinajstić information content (AvgIpc) is 3.05. The highest BCUT2D eigenvalue weighted by atomic mass is 32.2. The smallest absolute Gasteiger partial charge is 0.407 e. The van der Waals surface area contributed by atoms with E-state index in [2.05, 4.69) is 0 Å². The molecule has 8 nitrogen and oxygen atoms in total. The van der Waals surface area contributed by atoms with Crippen LogP contribution in [0.25, 0.3) is 0 Å². The largest absolute Gasteiger partial charge is 0.465 e. The minimum absolute atomic E-state index is 0.121. The minimum Gasteiger partial charge on any atom is -0.465 e.